The first-order valence-electron chi connectivity index (χ1n) is 4.66. The molecule has 1 N–H and O–H groups in total. The van der Waals surface area contributed by atoms with Crippen molar-refractivity contribution in [1.82, 2.24) is 10.4 Å². The Hall–Kier alpha value is -0.570. The van der Waals surface area contributed by atoms with Crippen LogP contribution in [0.25, 0.3) is 0 Å². The molecule has 0 radical (unpaired) electrons. The molecule has 0 heterocycles. The first-order chi connectivity index (χ1) is 6.18. The maximum Gasteiger partial charge on any atom is 0.0227 e. The SMILES string of the molecule is CC(Cc1ccccc1)NN(C)C.Cl. The van der Waals surface area contributed by atoms with Gasteiger partial charge in [-0.05, 0) is 18.9 Å². The number of hydrogen-bond acceptors (Lipinski definition) is 2. The van der Waals surface area contributed by atoms with Crippen LogP contribution in [-0.4, -0.2) is 25.1 Å². The Bertz CT molecular complexity index is 236. The molecule has 0 aliphatic heterocycles. The molecule has 1 atom stereocenters. The summed E-state index contributed by atoms with van der Waals surface area (Å²) in [6.45, 7) is 2.19. The Kier molecular flexibility index (Phi) is 6.54. The lowest BCUT2D eigenvalue weighted by molar-refractivity contribution is 0.249. The highest BCUT2D eigenvalue weighted by molar-refractivity contribution is 5.85. The van der Waals surface area contributed by atoms with Gasteiger partial charge in [-0.3, -0.25) is 10.4 Å². The van der Waals surface area contributed by atoms with E-state index in [1.807, 2.05) is 25.2 Å². The summed E-state index contributed by atoms with van der Waals surface area (Å²) in [5.41, 5.74) is 4.70. The highest BCUT2D eigenvalue weighted by Gasteiger charge is 2.02. The van der Waals surface area contributed by atoms with Crippen LogP contribution in [0.4, 0.5) is 0 Å². The molecule has 0 bridgehead atoms. The summed E-state index contributed by atoms with van der Waals surface area (Å²) in [6, 6.07) is 11.0. The lowest BCUT2D eigenvalue weighted by Crippen LogP contribution is -2.39. The monoisotopic (exact) mass is 214 g/mol. The minimum Gasteiger partial charge on any atom is -0.253 e. The average molecular weight is 215 g/mol. The number of nitrogens with one attached hydrogen (secondary N) is 1. The fourth-order valence-corrected chi connectivity index (χ4v) is 1.45. The first-order valence-corrected chi connectivity index (χ1v) is 4.66. The molecular formula is C11H19ClN2. The van der Waals surface area contributed by atoms with Gasteiger partial charge in [0.05, 0.1) is 0 Å². The van der Waals surface area contributed by atoms with Gasteiger partial charge in [-0.25, -0.2) is 0 Å². The van der Waals surface area contributed by atoms with Gasteiger partial charge in [0.15, 0.2) is 0 Å². The van der Waals surface area contributed by atoms with Gasteiger partial charge < -0.3 is 0 Å². The van der Waals surface area contributed by atoms with Gasteiger partial charge in [-0.2, -0.15) is 0 Å². The number of halogens is 1. The Labute approximate surface area is 92.7 Å². The van der Waals surface area contributed by atoms with Crippen LogP contribution in [0.1, 0.15) is 12.5 Å². The Morgan fingerprint density at radius 1 is 1.21 bits per heavy atom. The molecule has 1 rings (SSSR count). The highest BCUT2D eigenvalue weighted by atomic mass is 35.5. The Morgan fingerprint density at radius 2 is 1.79 bits per heavy atom. The predicted molar refractivity (Wildman–Crippen MR) is 63.7 cm³/mol. The third-order valence-corrected chi connectivity index (χ3v) is 1.86. The van der Waals surface area contributed by atoms with Crippen molar-refractivity contribution in [3.63, 3.8) is 0 Å². The van der Waals surface area contributed by atoms with E-state index in [1.54, 1.807) is 0 Å². The summed E-state index contributed by atoms with van der Waals surface area (Å²) in [4.78, 5) is 0. The van der Waals surface area contributed by atoms with Gasteiger partial charge in [0.2, 0.25) is 0 Å². The van der Waals surface area contributed by atoms with E-state index in [0.717, 1.165) is 6.42 Å². The largest absolute Gasteiger partial charge is 0.253 e. The van der Waals surface area contributed by atoms with Crippen molar-refractivity contribution in [1.29, 1.82) is 0 Å². The van der Waals surface area contributed by atoms with Crippen LogP contribution >= 0.6 is 12.4 Å². The molecule has 2 nitrogen and oxygen atoms in total. The fourth-order valence-electron chi connectivity index (χ4n) is 1.45. The number of rotatable bonds is 4. The molecular weight excluding hydrogens is 196 g/mol. The summed E-state index contributed by atoms with van der Waals surface area (Å²) >= 11 is 0. The molecule has 0 aliphatic carbocycles. The Balaban J connectivity index is 0.00000169. The predicted octanol–water partition coefficient (Wildman–Crippen LogP) is 2.11. The molecule has 14 heavy (non-hydrogen) atoms. The minimum atomic E-state index is 0. The molecule has 0 saturated heterocycles. The molecule has 3 heteroatoms. The second-order valence-corrected chi connectivity index (χ2v) is 3.61. The quantitative estimate of drug-likeness (QED) is 0.773. The maximum absolute atomic E-state index is 3.32. The van der Waals surface area contributed by atoms with Crippen molar-refractivity contribution in [2.45, 2.75) is 19.4 Å². The smallest absolute Gasteiger partial charge is 0.0227 e. The van der Waals surface area contributed by atoms with E-state index in [2.05, 4.69) is 36.6 Å². The van der Waals surface area contributed by atoms with E-state index in [0.29, 0.717) is 6.04 Å². The lowest BCUT2D eigenvalue weighted by Gasteiger charge is -2.19. The van der Waals surface area contributed by atoms with Crippen molar-refractivity contribution in [2.24, 2.45) is 0 Å². The normalized spacial score (nSPS) is 12.3. The maximum atomic E-state index is 3.32. The molecule has 0 spiro atoms. The molecule has 0 saturated carbocycles. The van der Waals surface area contributed by atoms with Crippen molar-refractivity contribution in [3.05, 3.63) is 35.9 Å². The summed E-state index contributed by atoms with van der Waals surface area (Å²) in [5, 5.41) is 1.99. The van der Waals surface area contributed by atoms with E-state index < -0.39 is 0 Å². The number of benzene rings is 1. The van der Waals surface area contributed by atoms with E-state index in [1.165, 1.54) is 5.56 Å². The van der Waals surface area contributed by atoms with Crippen LogP contribution in [0, 0.1) is 0 Å². The third-order valence-electron chi connectivity index (χ3n) is 1.86. The highest BCUT2D eigenvalue weighted by Crippen LogP contribution is 2.02. The molecule has 80 valence electrons. The van der Waals surface area contributed by atoms with Crippen LogP contribution in [0.2, 0.25) is 0 Å². The molecule has 0 aliphatic rings. The molecule has 1 unspecified atom stereocenters. The van der Waals surface area contributed by atoms with E-state index in [9.17, 15) is 0 Å². The zero-order chi connectivity index (χ0) is 9.68. The second kappa shape index (κ2) is 6.82. The summed E-state index contributed by atoms with van der Waals surface area (Å²) in [6.07, 6.45) is 1.07. The molecule has 0 aromatic heterocycles. The third kappa shape index (κ3) is 5.22. The molecule has 0 amide bonds. The van der Waals surface area contributed by atoms with Gasteiger partial charge in [0, 0.05) is 20.1 Å². The standard InChI is InChI=1S/C11H18N2.ClH/c1-10(12-13(2)3)9-11-7-5-4-6-8-11;/h4-8,10,12H,9H2,1-3H3;1H. The lowest BCUT2D eigenvalue weighted by atomic mass is 10.1. The summed E-state index contributed by atoms with van der Waals surface area (Å²) in [5.74, 6) is 0. The van der Waals surface area contributed by atoms with E-state index in [4.69, 9.17) is 0 Å². The van der Waals surface area contributed by atoms with E-state index in [-0.39, 0.29) is 12.4 Å². The van der Waals surface area contributed by atoms with Crippen LogP contribution in [0.15, 0.2) is 30.3 Å². The zero-order valence-corrected chi connectivity index (χ0v) is 9.84. The van der Waals surface area contributed by atoms with Gasteiger partial charge in [-0.1, -0.05) is 30.3 Å². The van der Waals surface area contributed by atoms with Gasteiger partial charge in [-0.15, -0.1) is 12.4 Å². The first kappa shape index (κ1) is 13.4. The van der Waals surface area contributed by atoms with Crippen LogP contribution < -0.4 is 5.43 Å². The number of hydrogen-bond donors (Lipinski definition) is 1. The minimum absolute atomic E-state index is 0. The zero-order valence-electron chi connectivity index (χ0n) is 9.03. The fraction of sp³-hybridized carbons (Fsp3) is 0.455. The van der Waals surface area contributed by atoms with Crippen LogP contribution in [-0.2, 0) is 6.42 Å². The number of hydrazine groups is 1. The number of nitrogens with zero attached hydrogens (tertiary/aromatic N) is 1. The van der Waals surface area contributed by atoms with Crippen LogP contribution in [0.5, 0.6) is 0 Å². The van der Waals surface area contributed by atoms with Gasteiger partial charge in [0.25, 0.3) is 0 Å². The summed E-state index contributed by atoms with van der Waals surface area (Å²) < 4.78 is 0. The molecule has 1 aromatic rings. The second-order valence-electron chi connectivity index (χ2n) is 3.61. The van der Waals surface area contributed by atoms with Crippen molar-refractivity contribution < 1.29 is 0 Å². The van der Waals surface area contributed by atoms with Gasteiger partial charge >= 0.3 is 0 Å². The average Bonchev–Trinajstić information content (AvgIpc) is 2.04. The Morgan fingerprint density at radius 3 is 2.29 bits per heavy atom. The van der Waals surface area contributed by atoms with Gasteiger partial charge in [0.1, 0.15) is 0 Å². The van der Waals surface area contributed by atoms with Crippen molar-refractivity contribution in [3.8, 4) is 0 Å². The molecule has 0 fully saturated rings. The topological polar surface area (TPSA) is 15.3 Å². The molecule has 1 aromatic carbocycles. The van der Waals surface area contributed by atoms with Crippen molar-refractivity contribution >= 4 is 12.4 Å². The summed E-state index contributed by atoms with van der Waals surface area (Å²) in [7, 11) is 4.03. The van der Waals surface area contributed by atoms with Crippen LogP contribution in [0.3, 0.4) is 0 Å². The van der Waals surface area contributed by atoms with E-state index >= 15 is 0 Å². The van der Waals surface area contributed by atoms with Crippen molar-refractivity contribution in [2.75, 3.05) is 14.1 Å².